The van der Waals surface area contributed by atoms with E-state index in [9.17, 15) is 13.6 Å². The van der Waals surface area contributed by atoms with Gasteiger partial charge in [-0.3, -0.25) is 4.98 Å². The summed E-state index contributed by atoms with van der Waals surface area (Å²) < 4.78 is 32.1. The third-order valence-electron chi connectivity index (χ3n) is 3.54. The Morgan fingerprint density at radius 1 is 1.20 bits per heavy atom. The van der Waals surface area contributed by atoms with Crippen molar-refractivity contribution in [3.63, 3.8) is 0 Å². The van der Waals surface area contributed by atoms with E-state index in [-0.39, 0.29) is 16.8 Å². The molecular weight excluding hydrogens is 352 g/mol. The first kappa shape index (κ1) is 17.2. The SMILES string of the molecule is CC(C)c1c(C(=O)Oc2nc(Cl)ncc2F)cnc2cc(F)ccc12. The highest BCUT2D eigenvalue weighted by Gasteiger charge is 2.22. The third-order valence-corrected chi connectivity index (χ3v) is 3.72. The van der Waals surface area contributed by atoms with E-state index in [1.165, 1.54) is 18.3 Å². The summed E-state index contributed by atoms with van der Waals surface area (Å²) in [7, 11) is 0. The number of aromatic nitrogens is 3. The fourth-order valence-electron chi connectivity index (χ4n) is 2.52. The monoisotopic (exact) mass is 363 g/mol. The number of rotatable bonds is 3. The molecule has 0 fully saturated rings. The normalized spacial score (nSPS) is 11.1. The number of nitrogens with zero attached hydrogens (tertiary/aromatic N) is 3. The predicted octanol–water partition coefficient (Wildman–Crippen LogP) is 4.30. The maximum Gasteiger partial charge on any atom is 0.346 e. The number of pyridine rings is 1. The number of ether oxygens (including phenoxy) is 1. The molecule has 0 N–H and O–H groups in total. The quantitative estimate of drug-likeness (QED) is 0.512. The number of halogens is 3. The van der Waals surface area contributed by atoms with Crippen LogP contribution in [-0.4, -0.2) is 20.9 Å². The Morgan fingerprint density at radius 3 is 2.68 bits per heavy atom. The number of carbonyl (C=O) groups is 1. The molecule has 128 valence electrons. The Morgan fingerprint density at radius 2 is 1.96 bits per heavy atom. The van der Waals surface area contributed by atoms with Crippen LogP contribution in [0.3, 0.4) is 0 Å². The number of benzene rings is 1. The van der Waals surface area contributed by atoms with Crippen LogP contribution in [0.25, 0.3) is 10.9 Å². The Bertz CT molecular complexity index is 980. The minimum absolute atomic E-state index is 0.0858. The van der Waals surface area contributed by atoms with Gasteiger partial charge >= 0.3 is 5.97 Å². The van der Waals surface area contributed by atoms with Crippen LogP contribution in [0.15, 0.2) is 30.6 Å². The molecule has 5 nitrogen and oxygen atoms in total. The van der Waals surface area contributed by atoms with Gasteiger partial charge in [-0.2, -0.15) is 9.37 Å². The summed E-state index contributed by atoms with van der Waals surface area (Å²) in [5, 5.41) is 0.368. The molecule has 1 aromatic carbocycles. The van der Waals surface area contributed by atoms with E-state index in [2.05, 4.69) is 15.0 Å². The Balaban J connectivity index is 2.08. The van der Waals surface area contributed by atoms with Crippen LogP contribution >= 0.6 is 11.6 Å². The van der Waals surface area contributed by atoms with E-state index in [1.54, 1.807) is 6.07 Å². The number of carbonyl (C=O) groups excluding carboxylic acids is 1. The minimum Gasteiger partial charge on any atom is -0.400 e. The van der Waals surface area contributed by atoms with Crippen molar-refractivity contribution in [1.82, 2.24) is 15.0 Å². The van der Waals surface area contributed by atoms with E-state index >= 15 is 0 Å². The van der Waals surface area contributed by atoms with Crippen molar-refractivity contribution in [1.29, 1.82) is 0 Å². The molecule has 0 unspecified atom stereocenters. The highest BCUT2D eigenvalue weighted by molar-refractivity contribution is 6.28. The standard InChI is InChI=1S/C17H12ClF2N3O2/c1-8(2)14-10-4-3-9(19)5-13(10)21-6-11(14)16(24)25-15-12(20)7-22-17(18)23-15/h3-8H,1-2H3. The van der Waals surface area contributed by atoms with Crippen LogP contribution in [0.1, 0.15) is 35.7 Å². The Hall–Kier alpha value is -2.67. The minimum atomic E-state index is -0.917. The molecule has 0 spiro atoms. The second-order valence-electron chi connectivity index (χ2n) is 5.58. The smallest absolute Gasteiger partial charge is 0.346 e. The molecule has 25 heavy (non-hydrogen) atoms. The van der Waals surface area contributed by atoms with Crippen molar-refractivity contribution in [3.8, 4) is 5.88 Å². The van der Waals surface area contributed by atoms with Crippen LogP contribution in [0.2, 0.25) is 5.28 Å². The first-order valence-electron chi connectivity index (χ1n) is 7.35. The molecule has 0 atom stereocenters. The largest absolute Gasteiger partial charge is 0.400 e. The number of hydrogen-bond donors (Lipinski definition) is 0. The molecule has 0 radical (unpaired) electrons. The fraction of sp³-hybridized carbons (Fsp3) is 0.176. The van der Waals surface area contributed by atoms with Crippen LogP contribution in [0.4, 0.5) is 8.78 Å². The lowest BCUT2D eigenvalue weighted by atomic mass is 9.94. The lowest BCUT2D eigenvalue weighted by molar-refractivity contribution is 0.0717. The average Bonchev–Trinajstić information content (AvgIpc) is 2.56. The summed E-state index contributed by atoms with van der Waals surface area (Å²) >= 11 is 5.59. The van der Waals surface area contributed by atoms with E-state index < -0.39 is 23.5 Å². The van der Waals surface area contributed by atoms with Gasteiger partial charge < -0.3 is 4.74 Å². The molecule has 3 rings (SSSR count). The van der Waals surface area contributed by atoms with E-state index in [1.807, 2.05) is 13.8 Å². The van der Waals surface area contributed by atoms with Gasteiger partial charge in [-0.05, 0) is 35.2 Å². The zero-order chi connectivity index (χ0) is 18.1. The summed E-state index contributed by atoms with van der Waals surface area (Å²) in [6, 6.07) is 4.11. The summed E-state index contributed by atoms with van der Waals surface area (Å²) in [4.78, 5) is 23.6. The molecule has 0 bridgehead atoms. The second kappa shape index (κ2) is 6.68. The zero-order valence-corrected chi connectivity index (χ0v) is 14.0. The van der Waals surface area contributed by atoms with Gasteiger partial charge in [0, 0.05) is 17.6 Å². The van der Waals surface area contributed by atoms with Crippen LogP contribution < -0.4 is 4.74 Å². The first-order valence-corrected chi connectivity index (χ1v) is 7.73. The number of hydrogen-bond acceptors (Lipinski definition) is 5. The van der Waals surface area contributed by atoms with Crippen molar-refractivity contribution in [3.05, 3.63) is 58.6 Å². The van der Waals surface area contributed by atoms with E-state index in [4.69, 9.17) is 16.3 Å². The molecule has 0 amide bonds. The molecule has 0 saturated carbocycles. The molecule has 2 heterocycles. The zero-order valence-electron chi connectivity index (χ0n) is 13.3. The summed E-state index contributed by atoms with van der Waals surface area (Å²) in [6.07, 6.45) is 2.09. The number of fused-ring (bicyclic) bond motifs is 1. The van der Waals surface area contributed by atoms with Gasteiger partial charge in [-0.25, -0.2) is 14.2 Å². The molecule has 3 aromatic rings. The van der Waals surface area contributed by atoms with Crippen molar-refractivity contribution in [2.24, 2.45) is 0 Å². The lowest BCUT2D eigenvalue weighted by Gasteiger charge is -2.14. The van der Waals surface area contributed by atoms with E-state index in [0.29, 0.717) is 16.5 Å². The first-order chi connectivity index (χ1) is 11.9. The van der Waals surface area contributed by atoms with Gasteiger partial charge in [0.15, 0.2) is 0 Å². The summed E-state index contributed by atoms with van der Waals surface area (Å²) in [5.74, 6) is -2.84. The Kier molecular flexibility index (Phi) is 4.59. The van der Waals surface area contributed by atoms with Gasteiger partial charge in [0.05, 0.1) is 17.3 Å². The maximum atomic E-state index is 13.7. The molecule has 0 aliphatic heterocycles. The second-order valence-corrected chi connectivity index (χ2v) is 5.92. The van der Waals surface area contributed by atoms with Crippen LogP contribution in [0, 0.1) is 11.6 Å². The maximum absolute atomic E-state index is 13.7. The van der Waals surface area contributed by atoms with Crippen LogP contribution in [0.5, 0.6) is 5.88 Å². The molecule has 0 aliphatic rings. The Labute approximate surface area is 146 Å². The summed E-state index contributed by atoms with van der Waals surface area (Å²) in [5.41, 5.74) is 1.18. The molecule has 2 aromatic heterocycles. The van der Waals surface area contributed by atoms with Crippen molar-refractivity contribution >= 4 is 28.5 Å². The third kappa shape index (κ3) is 3.41. The van der Waals surface area contributed by atoms with Crippen molar-refractivity contribution in [2.75, 3.05) is 0 Å². The average molecular weight is 364 g/mol. The number of esters is 1. The predicted molar refractivity (Wildman–Crippen MR) is 87.7 cm³/mol. The summed E-state index contributed by atoms with van der Waals surface area (Å²) in [6.45, 7) is 3.74. The topological polar surface area (TPSA) is 65.0 Å². The molecular formula is C17H12ClF2N3O2. The van der Waals surface area contributed by atoms with Gasteiger partial charge in [0.25, 0.3) is 5.88 Å². The van der Waals surface area contributed by atoms with Gasteiger partial charge in [-0.1, -0.05) is 13.8 Å². The lowest BCUT2D eigenvalue weighted by Crippen LogP contribution is -2.15. The van der Waals surface area contributed by atoms with Gasteiger partial charge in [0.2, 0.25) is 11.1 Å². The highest BCUT2D eigenvalue weighted by atomic mass is 35.5. The van der Waals surface area contributed by atoms with Gasteiger partial charge in [0.1, 0.15) is 5.82 Å². The van der Waals surface area contributed by atoms with Crippen molar-refractivity contribution in [2.45, 2.75) is 19.8 Å². The molecule has 0 saturated heterocycles. The van der Waals surface area contributed by atoms with Gasteiger partial charge in [-0.15, -0.1) is 0 Å². The molecule has 0 aliphatic carbocycles. The van der Waals surface area contributed by atoms with E-state index in [0.717, 1.165) is 6.20 Å². The fourth-order valence-corrected chi connectivity index (χ4v) is 2.64. The van der Waals surface area contributed by atoms with Crippen molar-refractivity contribution < 1.29 is 18.3 Å². The van der Waals surface area contributed by atoms with Crippen LogP contribution in [-0.2, 0) is 0 Å². The molecule has 8 heteroatoms. The highest BCUT2D eigenvalue weighted by Crippen LogP contribution is 2.29.